The number of fused-ring (bicyclic) bond motifs is 2. The fraction of sp³-hybridized carbons (Fsp3) is 0.0800. The zero-order valence-electron chi connectivity index (χ0n) is 18.4. The highest BCUT2D eigenvalue weighted by atomic mass is 35.5. The van der Waals surface area contributed by atoms with Crippen LogP contribution >= 0.6 is 11.6 Å². The Bertz CT molecular complexity index is 1590. The van der Waals surface area contributed by atoms with E-state index in [-0.39, 0.29) is 34.4 Å². The van der Waals surface area contributed by atoms with Gasteiger partial charge in [-0.05, 0) is 55.1 Å². The number of benzene rings is 3. The summed E-state index contributed by atoms with van der Waals surface area (Å²) in [6, 6.07) is 21.7. The quantitative estimate of drug-likeness (QED) is 0.372. The van der Waals surface area contributed by atoms with Gasteiger partial charge in [-0.15, -0.1) is 4.40 Å². The van der Waals surface area contributed by atoms with Crippen LogP contribution in [0.5, 0.6) is 0 Å². The molecule has 0 fully saturated rings. The van der Waals surface area contributed by atoms with Crippen LogP contribution in [0.3, 0.4) is 0 Å². The van der Waals surface area contributed by atoms with Gasteiger partial charge in [-0.3, -0.25) is 4.90 Å². The molecule has 3 aromatic carbocycles. The van der Waals surface area contributed by atoms with Gasteiger partial charge in [0.1, 0.15) is 5.69 Å². The Balaban J connectivity index is 1.83. The minimum Gasteiger partial charge on any atom is -0.613 e. The summed E-state index contributed by atoms with van der Waals surface area (Å²) in [6.07, 6.45) is 0. The number of aromatic nitrogens is 2. The monoisotopic (exact) mass is 505 g/mol. The SMILES string of the molecule is CCOC([O-])=C1C(=NS(=O)(=O)c2ccc(Cl)cc2)N(c2ccccc2)c2nc3ccccc3nc21. The van der Waals surface area contributed by atoms with E-state index in [0.29, 0.717) is 21.7 Å². The number of rotatable bonds is 5. The van der Waals surface area contributed by atoms with Crippen LogP contribution in [-0.2, 0) is 14.8 Å². The van der Waals surface area contributed by atoms with Crippen molar-refractivity contribution in [3.05, 3.63) is 95.5 Å². The van der Waals surface area contributed by atoms with Crippen molar-refractivity contribution in [1.29, 1.82) is 0 Å². The molecule has 0 saturated carbocycles. The number of hydrogen-bond donors (Lipinski definition) is 0. The summed E-state index contributed by atoms with van der Waals surface area (Å²) in [5, 5.41) is 13.5. The molecule has 0 aliphatic carbocycles. The largest absolute Gasteiger partial charge is 0.613 e. The smallest absolute Gasteiger partial charge is 0.284 e. The molecule has 176 valence electrons. The van der Waals surface area contributed by atoms with Crippen LogP contribution in [-0.4, -0.2) is 30.8 Å². The van der Waals surface area contributed by atoms with Crippen LogP contribution in [0.15, 0.2) is 94.1 Å². The van der Waals surface area contributed by atoms with Gasteiger partial charge in [0.2, 0.25) is 0 Å². The standard InChI is InChI=1S/C25H19ClN4O4S/c1-2-34-25(31)21-22-24(28-20-11-7-6-10-19(20)27-22)30(17-8-4-3-5-9-17)23(21)29-35(32,33)18-14-12-16(26)13-15-18/h3-15,31H,2H2,1H3/p-1. The Morgan fingerprint density at radius 1 is 0.971 bits per heavy atom. The molecule has 5 rings (SSSR count). The maximum Gasteiger partial charge on any atom is 0.284 e. The zero-order chi connectivity index (χ0) is 24.6. The van der Waals surface area contributed by atoms with E-state index in [2.05, 4.69) is 9.38 Å². The highest BCUT2D eigenvalue weighted by molar-refractivity contribution is 7.90. The van der Waals surface area contributed by atoms with Crippen molar-refractivity contribution in [2.24, 2.45) is 4.40 Å². The lowest BCUT2D eigenvalue weighted by molar-refractivity contribution is -0.354. The topological polar surface area (TPSA) is 108 Å². The van der Waals surface area contributed by atoms with Crippen LogP contribution < -0.4 is 10.0 Å². The molecule has 0 atom stereocenters. The number of para-hydroxylation sites is 3. The van der Waals surface area contributed by atoms with E-state index < -0.39 is 16.0 Å². The number of ether oxygens (including phenoxy) is 1. The first-order valence-electron chi connectivity index (χ1n) is 10.7. The molecule has 1 aliphatic heterocycles. The first-order valence-corrected chi connectivity index (χ1v) is 12.5. The third-order valence-corrected chi connectivity index (χ3v) is 6.78. The Labute approximate surface area is 206 Å². The van der Waals surface area contributed by atoms with Gasteiger partial charge in [0, 0.05) is 10.7 Å². The molecule has 0 amide bonds. The molecule has 0 bridgehead atoms. The second-order valence-corrected chi connectivity index (χ2v) is 9.54. The molecule has 0 radical (unpaired) electrons. The van der Waals surface area contributed by atoms with Crippen molar-refractivity contribution < 1.29 is 18.3 Å². The first kappa shape index (κ1) is 22.8. The average molecular weight is 506 g/mol. The van der Waals surface area contributed by atoms with E-state index in [1.807, 2.05) is 12.1 Å². The molecule has 4 aromatic rings. The molecular weight excluding hydrogens is 488 g/mol. The summed E-state index contributed by atoms with van der Waals surface area (Å²) < 4.78 is 36.0. The maximum atomic E-state index is 13.3. The average Bonchev–Trinajstić information content (AvgIpc) is 3.15. The normalized spacial score (nSPS) is 15.9. The summed E-state index contributed by atoms with van der Waals surface area (Å²) in [5.74, 6) is -0.611. The Hall–Kier alpha value is -3.95. The predicted octanol–water partition coefficient (Wildman–Crippen LogP) is 4.29. The second kappa shape index (κ2) is 9.01. The fourth-order valence-corrected chi connectivity index (χ4v) is 4.82. The molecule has 1 aliphatic rings. The Kier molecular flexibility index (Phi) is 5.88. The fourth-order valence-electron chi connectivity index (χ4n) is 3.70. The van der Waals surface area contributed by atoms with E-state index in [4.69, 9.17) is 21.3 Å². The van der Waals surface area contributed by atoms with Crippen LogP contribution in [0.1, 0.15) is 12.6 Å². The molecule has 1 aromatic heterocycles. The summed E-state index contributed by atoms with van der Waals surface area (Å²) in [5.41, 5.74) is 1.79. The van der Waals surface area contributed by atoms with E-state index in [9.17, 15) is 13.5 Å². The minimum atomic E-state index is -4.24. The van der Waals surface area contributed by atoms with Crippen LogP contribution in [0.25, 0.3) is 16.6 Å². The molecule has 10 heteroatoms. The van der Waals surface area contributed by atoms with Gasteiger partial charge in [-0.2, -0.15) is 8.42 Å². The van der Waals surface area contributed by atoms with Crippen LogP contribution in [0, 0.1) is 0 Å². The lowest BCUT2D eigenvalue weighted by atomic mass is 10.2. The molecule has 0 saturated heterocycles. The summed E-state index contributed by atoms with van der Waals surface area (Å²) in [7, 11) is -4.24. The summed E-state index contributed by atoms with van der Waals surface area (Å²) in [6.45, 7) is 1.75. The summed E-state index contributed by atoms with van der Waals surface area (Å²) in [4.78, 5) is 10.8. The minimum absolute atomic E-state index is 0.0762. The number of hydrogen-bond acceptors (Lipinski definition) is 6. The van der Waals surface area contributed by atoms with E-state index >= 15 is 0 Å². The molecular formula is C25H18ClN4O4S-. The lowest BCUT2D eigenvalue weighted by Gasteiger charge is -2.21. The van der Waals surface area contributed by atoms with E-state index in [1.54, 1.807) is 49.4 Å². The van der Waals surface area contributed by atoms with Gasteiger partial charge < -0.3 is 9.84 Å². The highest BCUT2D eigenvalue weighted by Crippen LogP contribution is 2.42. The highest BCUT2D eigenvalue weighted by Gasteiger charge is 2.38. The third kappa shape index (κ3) is 4.20. The summed E-state index contributed by atoms with van der Waals surface area (Å²) >= 11 is 5.93. The Morgan fingerprint density at radius 3 is 2.26 bits per heavy atom. The van der Waals surface area contributed by atoms with Gasteiger partial charge in [0.25, 0.3) is 10.0 Å². The molecule has 2 heterocycles. The number of nitrogens with zero attached hydrogens (tertiary/aromatic N) is 4. The van der Waals surface area contributed by atoms with E-state index in [1.165, 1.54) is 29.2 Å². The third-order valence-electron chi connectivity index (χ3n) is 5.25. The molecule has 0 unspecified atom stereocenters. The number of amidine groups is 1. The predicted molar refractivity (Wildman–Crippen MR) is 133 cm³/mol. The van der Waals surface area contributed by atoms with Crippen molar-refractivity contribution >= 4 is 55.6 Å². The van der Waals surface area contributed by atoms with Gasteiger partial charge in [0.15, 0.2) is 11.7 Å². The van der Waals surface area contributed by atoms with Gasteiger partial charge in [-0.1, -0.05) is 48.9 Å². The van der Waals surface area contributed by atoms with Gasteiger partial charge in [-0.25, -0.2) is 9.97 Å². The van der Waals surface area contributed by atoms with Crippen LogP contribution in [0.4, 0.5) is 11.5 Å². The molecule has 0 N–H and O–H groups in total. The molecule has 8 nitrogen and oxygen atoms in total. The van der Waals surface area contributed by atoms with Gasteiger partial charge >= 0.3 is 0 Å². The van der Waals surface area contributed by atoms with Crippen molar-refractivity contribution in [3.63, 3.8) is 0 Å². The van der Waals surface area contributed by atoms with Crippen molar-refractivity contribution in [3.8, 4) is 0 Å². The van der Waals surface area contributed by atoms with Crippen molar-refractivity contribution in [1.82, 2.24) is 9.97 Å². The van der Waals surface area contributed by atoms with Crippen molar-refractivity contribution in [2.75, 3.05) is 11.5 Å². The second-order valence-electron chi connectivity index (χ2n) is 7.49. The van der Waals surface area contributed by atoms with Gasteiger partial charge in [0.05, 0.1) is 27.4 Å². The van der Waals surface area contributed by atoms with E-state index in [0.717, 1.165) is 0 Å². The first-order chi connectivity index (χ1) is 16.9. The Morgan fingerprint density at radius 2 is 1.60 bits per heavy atom. The zero-order valence-corrected chi connectivity index (χ0v) is 20.0. The number of halogens is 1. The molecule has 0 spiro atoms. The number of anilines is 2. The number of sulfonamides is 1. The molecule has 35 heavy (non-hydrogen) atoms. The maximum absolute atomic E-state index is 13.3. The lowest BCUT2D eigenvalue weighted by Crippen LogP contribution is -2.25. The van der Waals surface area contributed by atoms with Crippen LogP contribution in [0.2, 0.25) is 5.02 Å². The van der Waals surface area contributed by atoms with Crippen molar-refractivity contribution in [2.45, 2.75) is 11.8 Å².